The van der Waals surface area contributed by atoms with Gasteiger partial charge in [-0.25, -0.2) is 0 Å². The summed E-state index contributed by atoms with van der Waals surface area (Å²) < 4.78 is 5.31. The van der Waals surface area contributed by atoms with Crippen LogP contribution in [0.3, 0.4) is 0 Å². The smallest absolute Gasteiger partial charge is 0.274 e. The van der Waals surface area contributed by atoms with Crippen molar-refractivity contribution in [2.24, 2.45) is 11.7 Å². The number of hydrogen-bond acceptors (Lipinski definition) is 6. The maximum absolute atomic E-state index is 13.3. The molecule has 2 aliphatic rings. The predicted molar refractivity (Wildman–Crippen MR) is 122 cm³/mol. The molecule has 2 fully saturated rings. The highest BCUT2D eigenvalue weighted by Gasteiger charge is 2.35. The van der Waals surface area contributed by atoms with Gasteiger partial charge < -0.3 is 20.5 Å². The summed E-state index contributed by atoms with van der Waals surface area (Å²) in [6.45, 7) is 2.73. The van der Waals surface area contributed by atoms with Crippen LogP contribution in [0.25, 0.3) is 0 Å². The summed E-state index contributed by atoms with van der Waals surface area (Å²) in [7, 11) is 0. The van der Waals surface area contributed by atoms with E-state index in [0.29, 0.717) is 44.7 Å². The number of nitrogens with one attached hydrogen (secondary N) is 1. The van der Waals surface area contributed by atoms with Gasteiger partial charge in [0.2, 0.25) is 5.91 Å². The molecule has 0 radical (unpaired) electrons. The largest absolute Gasteiger partial charge is 0.360 e. The van der Waals surface area contributed by atoms with Gasteiger partial charge in [-0.15, -0.1) is 0 Å². The lowest BCUT2D eigenvalue weighted by Crippen LogP contribution is -2.52. The lowest BCUT2D eigenvalue weighted by Gasteiger charge is -2.36. The van der Waals surface area contributed by atoms with E-state index in [1.807, 2.05) is 30.3 Å². The van der Waals surface area contributed by atoms with Gasteiger partial charge in [-0.1, -0.05) is 35.5 Å². The second kappa shape index (κ2) is 10.3. The van der Waals surface area contributed by atoms with Gasteiger partial charge in [-0.2, -0.15) is 0 Å². The summed E-state index contributed by atoms with van der Waals surface area (Å²) in [6.07, 6.45) is 4.31. The van der Waals surface area contributed by atoms with E-state index >= 15 is 0 Å². The van der Waals surface area contributed by atoms with Crippen molar-refractivity contribution < 1.29 is 18.9 Å². The molecule has 0 spiro atoms. The number of nitrogens with two attached hydrogens (primary N) is 1. The van der Waals surface area contributed by atoms with Crippen molar-refractivity contribution in [3.05, 3.63) is 53.4 Å². The van der Waals surface area contributed by atoms with Crippen LogP contribution in [0.2, 0.25) is 0 Å². The third-order valence-electron chi connectivity index (χ3n) is 6.59. The number of carbonyl (C=O) groups is 3. The van der Waals surface area contributed by atoms with Crippen LogP contribution in [0.1, 0.15) is 66.8 Å². The molecule has 2 amide bonds. The van der Waals surface area contributed by atoms with Gasteiger partial charge in [0.05, 0.1) is 12.1 Å². The molecule has 0 bridgehead atoms. The SMILES string of the molecule is C[C@H](N)C(=O)N1CCC(C(NC(=O)c2cc(C3CC3)on2)C(=O)CCc2ccccc2)CC1. The second-order valence-corrected chi connectivity index (χ2v) is 9.24. The topological polar surface area (TPSA) is 119 Å². The number of aryl methyl sites for hydroxylation is 1. The van der Waals surface area contributed by atoms with Gasteiger partial charge in [0, 0.05) is 31.5 Å². The lowest BCUT2D eigenvalue weighted by atomic mass is 9.85. The molecule has 8 nitrogen and oxygen atoms in total. The zero-order chi connectivity index (χ0) is 23.4. The zero-order valence-corrected chi connectivity index (χ0v) is 19.0. The summed E-state index contributed by atoms with van der Waals surface area (Å²) in [6, 6.07) is 10.3. The maximum atomic E-state index is 13.3. The van der Waals surface area contributed by atoms with Gasteiger partial charge >= 0.3 is 0 Å². The average Bonchev–Trinajstić information content (AvgIpc) is 3.57. The minimum atomic E-state index is -0.630. The molecule has 3 N–H and O–H groups in total. The van der Waals surface area contributed by atoms with E-state index < -0.39 is 18.0 Å². The molecule has 4 rings (SSSR count). The quantitative estimate of drug-likeness (QED) is 0.603. The highest BCUT2D eigenvalue weighted by molar-refractivity contribution is 5.96. The number of rotatable bonds is 9. The molecule has 1 unspecified atom stereocenters. The molecule has 1 saturated carbocycles. The van der Waals surface area contributed by atoms with Gasteiger partial charge in [0.15, 0.2) is 11.5 Å². The Morgan fingerprint density at radius 2 is 1.85 bits per heavy atom. The van der Waals surface area contributed by atoms with E-state index in [4.69, 9.17) is 10.3 Å². The molecule has 8 heteroatoms. The van der Waals surface area contributed by atoms with Crippen molar-refractivity contribution in [1.29, 1.82) is 0 Å². The fourth-order valence-electron chi connectivity index (χ4n) is 4.44. The van der Waals surface area contributed by atoms with Gasteiger partial charge in [0.1, 0.15) is 5.76 Å². The average molecular weight is 453 g/mol. The number of carbonyl (C=O) groups excluding carboxylic acids is 3. The summed E-state index contributed by atoms with van der Waals surface area (Å²) >= 11 is 0. The first-order chi connectivity index (χ1) is 15.9. The van der Waals surface area contributed by atoms with Crippen LogP contribution in [0.5, 0.6) is 0 Å². The Bertz CT molecular complexity index is 975. The molecule has 33 heavy (non-hydrogen) atoms. The molecule has 1 aliphatic carbocycles. The van der Waals surface area contributed by atoms with E-state index in [2.05, 4.69) is 10.5 Å². The predicted octanol–water partition coefficient (Wildman–Crippen LogP) is 2.44. The third-order valence-corrected chi connectivity index (χ3v) is 6.59. The molecular formula is C25H32N4O4. The van der Waals surface area contributed by atoms with Crippen molar-refractivity contribution in [1.82, 2.24) is 15.4 Å². The van der Waals surface area contributed by atoms with Crippen LogP contribution in [-0.4, -0.2) is 52.8 Å². The van der Waals surface area contributed by atoms with Gasteiger partial charge in [-0.3, -0.25) is 14.4 Å². The minimum Gasteiger partial charge on any atom is -0.360 e. The van der Waals surface area contributed by atoms with Crippen LogP contribution in [0.4, 0.5) is 0 Å². The van der Waals surface area contributed by atoms with Crippen molar-refractivity contribution in [2.45, 2.75) is 63.5 Å². The highest BCUT2D eigenvalue weighted by atomic mass is 16.5. The van der Waals surface area contributed by atoms with Crippen LogP contribution in [-0.2, 0) is 16.0 Å². The highest BCUT2D eigenvalue weighted by Crippen LogP contribution is 2.40. The standard InChI is InChI=1S/C25H32N4O4/c1-16(26)25(32)29-13-11-19(12-14-29)23(21(30)10-7-17-5-3-2-4-6-17)27-24(31)20-15-22(33-28-20)18-8-9-18/h2-6,15-16,18-19,23H,7-14,26H2,1H3,(H,27,31)/t16-,23?/m0/s1. The first-order valence-electron chi connectivity index (χ1n) is 11.8. The Labute approximate surface area is 193 Å². The summed E-state index contributed by atoms with van der Waals surface area (Å²) in [5, 5.41) is 6.86. The molecule has 2 aromatic rings. The van der Waals surface area contributed by atoms with E-state index in [-0.39, 0.29) is 23.3 Å². The van der Waals surface area contributed by atoms with Crippen LogP contribution in [0, 0.1) is 5.92 Å². The van der Waals surface area contributed by atoms with Gasteiger partial charge in [0.25, 0.3) is 5.91 Å². The number of amides is 2. The molecule has 176 valence electrons. The number of benzene rings is 1. The second-order valence-electron chi connectivity index (χ2n) is 9.24. The first kappa shape index (κ1) is 23.2. The Morgan fingerprint density at radius 1 is 1.15 bits per heavy atom. The van der Waals surface area contributed by atoms with E-state index in [9.17, 15) is 14.4 Å². The molecule has 1 saturated heterocycles. The first-order valence-corrected chi connectivity index (χ1v) is 11.8. The Hall–Kier alpha value is -3.00. The Morgan fingerprint density at radius 3 is 2.48 bits per heavy atom. The maximum Gasteiger partial charge on any atom is 0.274 e. The minimum absolute atomic E-state index is 0.00455. The Balaban J connectivity index is 1.43. The summed E-state index contributed by atoms with van der Waals surface area (Å²) in [4.78, 5) is 40.2. The van der Waals surface area contributed by atoms with Crippen LogP contribution in [0.15, 0.2) is 40.9 Å². The van der Waals surface area contributed by atoms with E-state index in [1.165, 1.54) is 0 Å². The van der Waals surface area contributed by atoms with E-state index in [1.54, 1.807) is 17.9 Å². The molecule has 1 aromatic carbocycles. The monoisotopic (exact) mass is 452 g/mol. The number of ketones is 1. The zero-order valence-electron chi connectivity index (χ0n) is 19.0. The van der Waals surface area contributed by atoms with Crippen molar-refractivity contribution in [3.8, 4) is 0 Å². The molecule has 2 atom stereocenters. The number of piperidine rings is 1. The number of hydrogen-bond donors (Lipinski definition) is 2. The number of aromatic nitrogens is 1. The summed E-state index contributed by atoms with van der Waals surface area (Å²) in [5.74, 6) is 0.556. The fourth-order valence-corrected chi connectivity index (χ4v) is 4.44. The normalized spacial score (nSPS) is 18.5. The van der Waals surface area contributed by atoms with Crippen molar-refractivity contribution in [3.63, 3.8) is 0 Å². The lowest BCUT2D eigenvalue weighted by molar-refractivity contribution is -0.134. The number of likely N-dealkylation sites (tertiary alicyclic amines) is 1. The molecule has 2 heterocycles. The van der Waals surface area contributed by atoms with E-state index in [0.717, 1.165) is 24.2 Å². The summed E-state index contributed by atoms with van der Waals surface area (Å²) in [5.41, 5.74) is 7.04. The van der Waals surface area contributed by atoms with Gasteiger partial charge in [-0.05, 0) is 50.5 Å². The number of Topliss-reactive ketones (excluding diaryl/α,β-unsaturated/α-hetero) is 1. The fraction of sp³-hybridized carbons (Fsp3) is 0.520. The van der Waals surface area contributed by atoms with Crippen molar-refractivity contribution in [2.75, 3.05) is 13.1 Å². The molecular weight excluding hydrogens is 420 g/mol. The number of nitrogens with zero attached hydrogens (tertiary/aromatic N) is 2. The molecule has 1 aromatic heterocycles. The molecule has 1 aliphatic heterocycles. The van der Waals surface area contributed by atoms with Crippen molar-refractivity contribution >= 4 is 17.6 Å². The third kappa shape index (κ3) is 5.87. The van der Waals surface area contributed by atoms with Crippen LogP contribution < -0.4 is 11.1 Å². The van der Waals surface area contributed by atoms with Crippen LogP contribution >= 0.6 is 0 Å². The Kier molecular flexibility index (Phi) is 7.23.